The minimum Gasteiger partial charge on any atom is -0.380 e. The number of nitrogens with one attached hydrogen (secondary N) is 1. The highest BCUT2D eigenvalue weighted by molar-refractivity contribution is 4.49. The minimum absolute atomic E-state index is 0.126. The summed E-state index contributed by atoms with van der Waals surface area (Å²) in [6.07, 6.45) is -2.61. The monoisotopic (exact) mass is 271 g/mol. The van der Waals surface area contributed by atoms with E-state index in [4.69, 9.17) is 4.74 Å². The number of rotatable bonds is 11. The molecule has 0 radical (unpaired) electrons. The average Bonchev–Trinajstić information content (AvgIpc) is 2.24. The summed E-state index contributed by atoms with van der Waals surface area (Å²) < 4.78 is 45.0. The van der Waals surface area contributed by atoms with Crippen molar-refractivity contribution in [3.05, 3.63) is 0 Å². The molecule has 0 aromatic heterocycles. The summed E-state index contributed by atoms with van der Waals surface area (Å²) in [7, 11) is 0. The minimum atomic E-state index is -4.22. The van der Waals surface area contributed by atoms with Gasteiger partial charge in [-0.15, -0.1) is 0 Å². The summed E-state index contributed by atoms with van der Waals surface area (Å²) >= 11 is 0. The smallest absolute Gasteiger partial charge is 0.380 e. The van der Waals surface area contributed by atoms with Gasteiger partial charge in [-0.3, -0.25) is 0 Å². The van der Waals surface area contributed by atoms with Crippen LogP contribution in [-0.2, 0) is 9.47 Å². The van der Waals surface area contributed by atoms with Crippen LogP contribution in [0, 0.1) is 5.92 Å². The van der Waals surface area contributed by atoms with Crippen molar-refractivity contribution >= 4 is 0 Å². The van der Waals surface area contributed by atoms with Gasteiger partial charge in [-0.05, 0) is 25.3 Å². The highest BCUT2D eigenvalue weighted by Gasteiger charge is 2.27. The molecule has 0 atom stereocenters. The molecule has 18 heavy (non-hydrogen) atoms. The third-order valence-corrected chi connectivity index (χ3v) is 2.17. The lowest BCUT2D eigenvalue weighted by atomic mass is 10.1. The molecule has 0 aromatic rings. The fourth-order valence-corrected chi connectivity index (χ4v) is 1.18. The number of ether oxygens (including phenoxy) is 2. The summed E-state index contributed by atoms with van der Waals surface area (Å²) in [5.41, 5.74) is 0. The van der Waals surface area contributed by atoms with Crippen LogP contribution in [0.4, 0.5) is 13.2 Å². The Morgan fingerprint density at radius 2 is 1.72 bits per heavy atom. The first kappa shape index (κ1) is 17.7. The number of hydrogen-bond donors (Lipinski definition) is 1. The van der Waals surface area contributed by atoms with E-state index in [1.54, 1.807) is 0 Å². The van der Waals surface area contributed by atoms with Crippen molar-refractivity contribution in [2.45, 2.75) is 32.9 Å². The third-order valence-electron chi connectivity index (χ3n) is 2.17. The van der Waals surface area contributed by atoms with Crippen molar-refractivity contribution in [2.24, 2.45) is 5.92 Å². The van der Waals surface area contributed by atoms with Gasteiger partial charge in [-0.2, -0.15) is 13.2 Å². The molecule has 0 saturated carbocycles. The molecule has 0 saturated heterocycles. The number of halogens is 3. The lowest BCUT2D eigenvalue weighted by Gasteiger charge is -2.09. The van der Waals surface area contributed by atoms with E-state index in [-0.39, 0.29) is 6.61 Å². The molecular weight excluding hydrogens is 247 g/mol. The van der Waals surface area contributed by atoms with E-state index in [0.29, 0.717) is 25.5 Å². The second-order valence-corrected chi connectivity index (χ2v) is 4.57. The molecule has 0 rings (SSSR count). The quantitative estimate of drug-likeness (QED) is 0.586. The van der Waals surface area contributed by atoms with Crippen molar-refractivity contribution < 1.29 is 22.6 Å². The van der Waals surface area contributed by atoms with Crippen molar-refractivity contribution in [1.29, 1.82) is 0 Å². The molecule has 0 spiro atoms. The average molecular weight is 271 g/mol. The van der Waals surface area contributed by atoms with Gasteiger partial charge in [-0.25, -0.2) is 0 Å². The summed E-state index contributed by atoms with van der Waals surface area (Å²) in [6, 6.07) is 0. The Hall–Kier alpha value is -0.330. The largest absolute Gasteiger partial charge is 0.411 e. The molecule has 0 heterocycles. The van der Waals surface area contributed by atoms with Crippen LogP contribution in [0.1, 0.15) is 26.7 Å². The van der Waals surface area contributed by atoms with Crippen molar-refractivity contribution in [3.8, 4) is 0 Å². The molecular formula is C12H24F3NO2. The number of hydrogen-bond acceptors (Lipinski definition) is 3. The van der Waals surface area contributed by atoms with Gasteiger partial charge in [0.15, 0.2) is 0 Å². The fraction of sp³-hybridized carbons (Fsp3) is 1.00. The third kappa shape index (κ3) is 15.7. The Bertz CT molecular complexity index is 187. The molecule has 1 N–H and O–H groups in total. The Kier molecular flexibility index (Phi) is 10.4. The van der Waals surface area contributed by atoms with E-state index in [0.717, 1.165) is 19.6 Å². The molecule has 3 nitrogen and oxygen atoms in total. The first-order valence-electron chi connectivity index (χ1n) is 6.35. The molecule has 0 aromatic carbocycles. The zero-order chi connectivity index (χ0) is 13.9. The van der Waals surface area contributed by atoms with Crippen LogP contribution in [0.15, 0.2) is 0 Å². The molecule has 6 heteroatoms. The van der Waals surface area contributed by atoms with Crippen LogP contribution in [0.5, 0.6) is 0 Å². The maximum atomic E-state index is 11.7. The Labute approximate surface area is 107 Å². The van der Waals surface area contributed by atoms with Gasteiger partial charge in [0.05, 0.1) is 6.61 Å². The topological polar surface area (TPSA) is 30.5 Å². The Balaban J connectivity index is 3.04. The molecule has 0 bridgehead atoms. The summed E-state index contributed by atoms with van der Waals surface area (Å²) in [5.74, 6) is 0.642. The SMILES string of the molecule is CC(C)CCOCCNCCCOCC(F)(F)F. The normalized spacial score (nSPS) is 12.3. The highest BCUT2D eigenvalue weighted by atomic mass is 19.4. The van der Waals surface area contributed by atoms with E-state index in [9.17, 15) is 13.2 Å². The summed E-state index contributed by atoms with van der Waals surface area (Å²) in [5, 5.41) is 3.08. The van der Waals surface area contributed by atoms with Crippen LogP contribution in [0.25, 0.3) is 0 Å². The van der Waals surface area contributed by atoms with Gasteiger partial charge in [-0.1, -0.05) is 13.8 Å². The molecule has 0 aliphatic rings. The van der Waals surface area contributed by atoms with Crippen LogP contribution in [0.3, 0.4) is 0 Å². The van der Waals surface area contributed by atoms with Gasteiger partial charge in [0.1, 0.15) is 6.61 Å². The van der Waals surface area contributed by atoms with Crippen LogP contribution < -0.4 is 5.32 Å². The molecule has 0 fully saturated rings. The maximum absolute atomic E-state index is 11.7. The Morgan fingerprint density at radius 3 is 2.33 bits per heavy atom. The van der Waals surface area contributed by atoms with Gasteiger partial charge < -0.3 is 14.8 Å². The van der Waals surface area contributed by atoms with Gasteiger partial charge in [0.25, 0.3) is 0 Å². The molecule has 110 valence electrons. The Morgan fingerprint density at radius 1 is 1.00 bits per heavy atom. The fourth-order valence-electron chi connectivity index (χ4n) is 1.18. The predicted octanol–water partition coefficient (Wildman–Crippen LogP) is 2.61. The van der Waals surface area contributed by atoms with E-state index in [1.807, 2.05) is 0 Å². The standard InChI is InChI=1S/C12H24F3NO2/c1-11(2)4-8-17-9-6-16-5-3-7-18-10-12(13,14)15/h11,16H,3-10H2,1-2H3. The van der Waals surface area contributed by atoms with Gasteiger partial charge in [0, 0.05) is 19.8 Å². The second-order valence-electron chi connectivity index (χ2n) is 4.57. The molecule has 0 aliphatic carbocycles. The predicted molar refractivity (Wildman–Crippen MR) is 64.6 cm³/mol. The van der Waals surface area contributed by atoms with Crippen molar-refractivity contribution in [3.63, 3.8) is 0 Å². The van der Waals surface area contributed by atoms with E-state index < -0.39 is 12.8 Å². The first-order chi connectivity index (χ1) is 8.42. The summed E-state index contributed by atoms with van der Waals surface area (Å²) in [6.45, 7) is 6.00. The van der Waals surface area contributed by atoms with Crippen LogP contribution in [0.2, 0.25) is 0 Å². The molecule has 0 aliphatic heterocycles. The van der Waals surface area contributed by atoms with E-state index in [1.165, 1.54) is 0 Å². The van der Waals surface area contributed by atoms with Crippen molar-refractivity contribution in [1.82, 2.24) is 5.32 Å². The number of alkyl halides is 3. The van der Waals surface area contributed by atoms with E-state index >= 15 is 0 Å². The van der Waals surface area contributed by atoms with Gasteiger partial charge in [0.2, 0.25) is 0 Å². The highest BCUT2D eigenvalue weighted by Crippen LogP contribution is 2.14. The van der Waals surface area contributed by atoms with Crippen molar-refractivity contribution in [2.75, 3.05) is 39.5 Å². The second kappa shape index (κ2) is 10.6. The van der Waals surface area contributed by atoms with Crippen LogP contribution >= 0.6 is 0 Å². The lowest BCUT2D eigenvalue weighted by molar-refractivity contribution is -0.173. The first-order valence-corrected chi connectivity index (χ1v) is 6.35. The summed E-state index contributed by atoms with van der Waals surface area (Å²) in [4.78, 5) is 0. The van der Waals surface area contributed by atoms with Gasteiger partial charge >= 0.3 is 6.18 Å². The molecule has 0 unspecified atom stereocenters. The maximum Gasteiger partial charge on any atom is 0.411 e. The molecule has 0 amide bonds. The van der Waals surface area contributed by atoms with E-state index in [2.05, 4.69) is 23.9 Å². The van der Waals surface area contributed by atoms with Crippen LogP contribution in [-0.4, -0.2) is 45.7 Å². The lowest BCUT2D eigenvalue weighted by Crippen LogP contribution is -2.23. The zero-order valence-corrected chi connectivity index (χ0v) is 11.2. The zero-order valence-electron chi connectivity index (χ0n) is 11.2.